The lowest BCUT2D eigenvalue weighted by molar-refractivity contribution is -0.390. The average Bonchev–Trinajstić information content (AvgIpc) is 2.87. The third-order valence-corrected chi connectivity index (χ3v) is 3.77. The van der Waals surface area contributed by atoms with Gasteiger partial charge in [-0.15, -0.1) is 0 Å². The van der Waals surface area contributed by atoms with Gasteiger partial charge in [-0.2, -0.15) is 0 Å². The smallest absolute Gasteiger partial charge is 0.406 e. The fourth-order valence-corrected chi connectivity index (χ4v) is 2.45. The molecule has 1 amide bonds. The molecule has 1 atom stereocenters. The second-order valence-electron chi connectivity index (χ2n) is 5.31. The van der Waals surface area contributed by atoms with Crippen molar-refractivity contribution in [2.45, 2.75) is 12.8 Å². The number of Topliss-reactive ketones (excluding diaryl/α,β-unsaturated/α-hetero) is 1. The van der Waals surface area contributed by atoms with E-state index < -0.39 is 10.7 Å². The van der Waals surface area contributed by atoms with Crippen LogP contribution in [0.1, 0.15) is 28.8 Å². The van der Waals surface area contributed by atoms with Crippen molar-refractivity contribution in [2.24, 2.45) is 0 Å². The maximum atomic E-state index is 12.3. The predicted molar refractivity (Wildman–Crippen MR) is 84.2 cm³/mol. The lowest BCUT2D eigenvalue weighted by atomic mass is 9.99. The van der Waals surface area contributed by atoms with Gasteiger partial charge in [-0.1, -0.05) is 0 Å². The highest BCUT2D eigenvalue weighted by Gasteiger charge is 2.27. The third-order valence-electron chi connectivity index (χ3n) is 3.77. The van der Waals surface area contributed by atoms with Gasteiger partial charge in [-0.05, 0) is 52.7 Å². The lowest BCUT2D eigenvalue weighted by Crippen LogP contribution is -2.13. The number of ether oxygens (including phenoxy) is 1. The number of rotatable bonds is 5. The minimum atomic E-state index is -0.672. The van der Waals surface area contributed by atoms with Crippen LogP contribution < -0.4 is 10.1 Å². The Labute approximate surface area is 136 Å². The molecule has 8 heteroatoms. The number of carbonyl (C=O) groups is 2. The molecule has 0 saturated carbocycles. The van der Waals surface area contributed by atoms with E-state index in [9.17, 15) is 19.7 Å². The van der Waals surface area contributed by atoms with Gasteiger partial charge in [0.2, 0.25) is 11.7 Å². The van der Waals surface area contributed by atoms with Crippen LogP contribution in [0.2, 0.25) is 0 Å². The van der Waals surface area contributed by atoms with Gasteiger partial charge >= 0.3 is 5.82 Å². The van der Waals surface area contributed by atoms with Gasteiger partial charge < -0.3 is 20.2 Å². The lowest BCUT2D eigenvalue weighted by Gasteiger charge is -2.07. The largest absolute Gasteiger partial charge is 0.477 e. The van der Waals surface area contributed by atoms with Crippen LogP contribution in [0.5, 0.6) is 5.75 Å². The molecule has 1 N–H and O–H groups in total. The number of pyridine rings is 1. The summed E-state index contributed by atoms with van der Waals surface area (Å²) in [5.74, 6) is -1.29. The van der Waals surface area contributed by atoms with Crippen molar-refractivity contribution >= 4 is 23.2 Å². The number of amides is 1. The Morgan fingerprint density at radius 2 is 2.21 bits per heavy atom. The van der Waals surface area contributed by atoms with E-state index in [4.69, 9.17) is 4.74 Å². The Morgan fingerprint density at radius 3 is 2.96 bits per heavy atom. The van der Waals surface area contributed by atoms with E-state index >= 15 is 0 Å². The standard InChI is InChI=1S/C16H13N3O5/c1-9-11-7-10(4-5-12(11)18-16(9)21)13(20)8-24-14-3-2-6-17-15(14)19(22)23/h2-7,9H,8H2,1H3,(H,18,21)/t9-/m1/s1. The Morgan fingerprint density at radius 1 is 1.42 bits per heavy atom. The average molecular weight is 327 g/mol. The summed E-state index contributed by atoms with van der Waals surface area (Å²) in [6.07, 6.45) is 1.28. The summed E-state index contributed by atoms with van der Waals surface area (Å²) >= 11 is 0. The maximum Gasteiger partial charge on any atom is 0.406 e. The Bertz CT molecular complexity index is 849. The van der Waals surface area contributed by atoms with Gasteiger partial charge in [0.25, 0.3) is 0 Å². The Hall–Kier alpha value is -3.29. The molecule has 0 aliphatic carbocycles. The normalized spacial score (nSPS) is 15.5. The molecule has 1 aliphatic rings. The number of aromatic nitrogens is 1. The second-order valence-corrected chi connectivity index (χ2v) is 5.31. The van der Waals surface area contributed by atoms with E-state index in [1.807, 2.05) is 0 Å². The molecule has 8 nitrogen and oxygen atoms in total. The molecule has 1 aromatic heterocycles. The number of nitrogens with one attached hydrogen (secondary N) is 1. The number of hydrogen-bond donors (Lipinski definition) is 1. The van der Waals surface area contributed by atoms with Crippen LogP contribution in [-0.4, -0.2) is 28.2 Å². The molecule has 2 heterocycles. The maximum absolute atomic E-state index is 12.3. The fourth-order valence-electron chi connectivity index (χ4n) is 2.45. The second kappa shape index (κ2) is 6.07. The quantitative estimate of drug-likeness (QED) is 0.512. The van der Waals surface area contributed by atoms with Gasteiger partial charge in [0.05, 0.1) is 5.92 Å². The first-order valence-electron chi connectivity index (χ1n) is 7.17. The van der Waals surface area contributed by atoms with Crippen LogP contribution >= 0.6 is 0 Å². The van der Waals surface area contributed by atoms with Crippen LogP contribution in [0, 0.1) is 10.1 Å². The van der Waals surface area contributed by atoms with Crippen molar-refractivity contribution in [3.8, 4) is 5.75 Å². The fraction of sp³-hybridized carbons (Fsp3) is 0.188. The summed E-state index contributed by atoms with van der Waals surface area (Å²) < 4.78 is 5.25. The van der Waals surface area contributed by atoms with Crippen LogP contribution in [0.3, 0.4) is 0 Å². The minimum Gasteiger partial charge on any atom is -0.477 e. The van der Waals surface area contributed by atoms with E-state index in [1.54, 1.807) is 25.1 Å². The summed E-state index contributed by atoms with van der Waals surface area (Å²) in [5.41, 5.74) is 1.81. The molecule has 0 saturated heterocycles. The molecule has 0 radical (unpaired) electrons. The van der Waals surface area contributed by atoms with Gasteiger partial charge in [0.15, 0.2) is 12.4 Å². The van der Waals surface area contributed by atoms with Crippen LogP contribution in [-0.2, 0) is 4.79 Å². The monoisotopic (exact) mass is 327 g/mol. The molecular formula is C16H13N3O5. The molecule has 0 bridgehead atoms. The summed E-state index contributed by atoms with van der Waals surface area (Å²) in [5, 5.41) is 13.6. The van der Waals surface area contributed by atoms with Crippen molar-refractivity contribution in [3.05, 3.63) is 57.8 Å². The summed E-state index contributed by atoms with van der Waals surface area (Å²) in [7, 11) is 0. The Balaban J connectivity index is 1.75. The van der Waals surface area contributed by atoms with Crippen molar-refractivity contribution in [1.82, 2.24) is 4.98 Å². The SMILES string of the molecule is C[C@H]1C(=O)Nc2ccc(C(=O)COc3cccnc3[N+](=O)[O-])cc21. The zero-order valence-electron chi connectivity index (χ0n) is 12.7. The molecular weight excluding hydrogens is 314 g/mol. The zero-order chi connectivity index (χ0) is 17.3. The number of hydrogen-bond acceptors (Lipinski definition) is 6. The molecule has 0 fully saturated rings. The highest BCUT2D eigenvalue weighted by atomic mass is 16.6. The van der Waals surface area contributed by atoms with E-state index in [0.29, 0.717) is 11.3 Å². The summed E-state index contributed by atoms with van der Waals surface area (Å²) in [6, 6.07) is 7.76. The molecule has 0 unspecified atom stereocenters. The van der Waals surface area contributed by atoms with Crippen LogP contribution in [0.4, 0.5) is 11.5 Å². The predicted octanol–water partition coefficient (Wildman–Crippen LogP) is 2.31. The van der Waals surface area contributed by atoms with Crippen molar-refractivity contribution in [1.29, 1.82) is 0 Å². The highest BCUT2D eigenvalue weighted by molar-refractivity contribution is 6.05. The summed E-state index contributed by atoms with van der Waals surface area (Å²) in [6.45, 7) is 1.39. The number of fused-ring (bicyclic) bond motifs is 1. The number of ketones is 1. The molecule has 0 spiro atoms. The van der Waals surface area contributed by atoms with Crippen LogP contribution in [0.15, 0.2) is 36.5 Å². The van der Waals surface area contributed by atoms with Gasteiger partial charge in [0, 0.05) is 11.3 Å². The number of nitro groups is 1. The molecule has 2 aromatic rings. The number of benzene rings is 1. The van der Waals surface area contributed by atoms with E-state index in [-0.39, 0.29) is 30.0 Å². The first kappa shape index (κ1) is 15.6. The molecule has 24 heavy (non-hydrogen) atoms. The van der Waals surface area contributed by atoms with E-state index in [2.05, 4.69) is 10.3 Å². The van der Waals surface area contributed by atoms with Crippen molar-refractivity contribution < 1.29 is 19.2 Å². The number of carbonyl (C=O) groups excluding carboxylic acids is 2. The molecule has 1 aromatic carbocycles. The molecule has 1 aliphatic heterocycles. The zero-order valence-corrected chi connectivity index (χ0v) is 12.7. The third kappa shape index (κ3) is 2.81. The summed E-state index contributed by atoms with van der Waals surface area (Å²) in [4.78, 5) is 37.7. The van der Waals surface area contributed by atoms with Gasteiger partial charge in [-0.3, -0.25) is 9.59 Å². The topological polar surface area (TPSA) is 111 Å². The van der Waals surface area contributed by atoms with E-state index in [0.717, 1.165) is 5.56 Å². The molecule has 122 valence electrons. The van der Waals surface area contributed by atoms with Gasteiger partial charge in [0.1, 0.15) is 6.20 Å². The van der Waals surface area contributed by atoms with Crippen molar-refractivity contribution in [3.63, 3.8) is 0 Å². The Kier molecular flexibility index (Phi) is 3.95. The first-order valence-corrected chi connectivity index (χ1v) is 7.17. The molecule has 3 rings (SSSR count). The van der Waals surface area contributed by atoms with Gasteiger partial charge in [-0.25, -0.2) is 0 Å². The minimum absolute atomic E-state index is 0.0674. The highest BCUT2D eigenvalue weighted by Crippen LogP contribution is 2.32. The first-order chi connectivity index (χ1) is 11.5. The van der Waals surface area contributed by atoms with E-state index in [1.165, 1.54) is 18.3 Å². The number of nitrogens with zero attached hydrogens (tertiary/aromatic N) is 2. The number of anilines is 1. The van der Waals surface area contributed by atoms with Crippen LogP contribution in [0.25, 0.3) is 0 Å². The van der Waals surface area contributed by atoms with Crippen molar-refractivity contribution in [2.75, 3.05) is 11.9 Å².